The highest BCUT2D eigenvalue weighted by molar-refractivity contribution is 7.92. The van der Waals surface area contributed by atoms with Crippen LogP contribution in [0.1, 0.15) is 27.0 Å². The van der Waals surface area contributed by atoms with Crippen LogP contribution in [0.3, 0.4) is 0 Å². The van der Waals surface area contributed by atoms with Crippen LogP contribution in [-0.4, -0.2) is 14.3 Å². The molecule has 2 N–H and O–H groups in total. The lowest BCUT2D eigenvalue weighted by molar-refractivity contribution is 0.0950. The normalized spacial score (nSPS) is 11.1. The van der Waals surface area contributed by atoms with Crippen molar-refractivity contribution in [2.24, 2.45) is 0 Å². The fraction of sp³-hybridized carbons (Fsp3) is 0.136. The maximum atomic E-state index is 12.8. The lowest BCUT2D eigenvalue weighted by atomic mass is 10.1. The van der Waals surface area contributed by atoms with Gasteiger partial charge in [-0.15, -0.1) is 0 Å². The molecule has 0 saturated carbocycles. The summed E-state index contributed by atoms with van der Waals surface area (Å²) in [5, 5.41) is 2.85. The third-order valence-electron chi connectivity index (χ3n) is 4.47. The number of benzene rings is 3. The van der Waals surface area contributed by atoms with Gasteiger partial charge in [0.05, 0.1) is 4.90 Å². The van der Waals surface area contributed by atoms with Crippen LogP contribution >= 0.6 is 0 Å². The number of hydrogen-bond donors (Lipinski definition) is 2. The zero-order chi connectivity index (χ0) is 20.1. The Morgan fingerprint density at radius 3 is 2.25 bits per heavy atom. The Hall–Kier alpha value is -3.12. The Balaban J connectivity index is 1.80. The summed E-state index contributed by atoms with van der Waals surface area (Å²) in [7, 11) is -3.80. The maximum absolute atomic E-state index is 12.8. The second-order valence-corrected chi connectivity index (χ2v) is 8.21. The molecule has 0 aromatic heterocycles. The number of nitrogens with one attached hydrogen (secondary N) is 2. The van der Waals surface area contributed by atoms with Crippen molar-refractivity contribution in [2.45, 2.75) is 25.3 Å². The molecule has 1 amide bonds. The van der Waals surface area contributed by atoms with Crippen molar-refractivity contribution in [3.8, 4) is 0 Å². The van der Waals surface area contributed by atoms with E-state index < -0.39 is 10.0 Å². The SMILES string of the molecule is Cc1ccccc1CNC(=O)c1ccc(C)c(S(=O)(=O)Nc2ccccc2)c1. The summed E-state index contributed by atoms with van der Waals surface area (Å²) in [6.07, 6.45) is 0. The predicted octanol–water partition coefficient (Wildman–Crippen LogP) is 4.03. The molecule has 144 valence electrons. The van der Waals surface area contributed by atoms with Crippen LogP contribution in [0.2, 0.25) is 0 Å². The van der Waals surface area contributed by atoms with Crippen LogP contribution in [-0.2, 0) is 16.6 Å². The third kappa shape index (κ3) is 4.58. The molecule has 0 heterocycles. The van der Waals surface area contributed by atoms with Gasteiger partial charge in [-0.05, 0) is 54.8 Å². The van der Waals surface area contributed by atoms with Gasteiger partial charge in [-0.25, -0.2) is 8.42 Å². The van der Waals surface area contributed by atoms with Gasteiger partial charge in [0.1, 0.15) is 0 Å². The van der Waals surface area contributed by atoms with Gasteiger partial charge in [0, 0.05) is 17.8 Å². The fourth-order valence-corrected chi connectivity index (χ4v) is 4.16. The molecule has 6 heteroatoms. The maximum Gasteiger partial charge on any atom is 0.262 e. The molecular formula is C22H22N2O3S. The van der Waals surface area contributed by atoms with Crippen LogP contribution in [0.4, 0.5) is 5.69 Å². The number of amides is 1. The highest BCUT2D eigenvalue weighted by Crippen LogP contribution is 2.21. The first-order valence-corrected chi connectivity index (χ1v) is 10.4. The highest BCUT2D eigenvalue weighted by Gasteiger charge is 2.19. The van der Waals surface area contributed by atoms with Gasteiger partial charge < -0.3 is 5.32 Å². The molecule has 5 nitrogen and oxygen atoms in total. The van der Waals surface area contributed by atoms with E-state index in [4.69, 9.17) is 0 Å². The average Bonchev–Trinajstić information content (AvgIpc) is 2.68. The highest BCUT2D eigenvalue weighted by atomic mass is 32.2. The molecule has 0 aliphatic rings. The first-order chi connectivity index (χ1) is 13.4. The summed E-state index contributed by atoms with van der Waals surface area (Å²) in [5.74, 6) is -0.320. The molecule has 0 saturated heterocycles. The van der Waals surface area contributed by atoms with Crippen LogP contribution in [0.25, 0.3) is 0 Å². The van der Waals surface area contributed by atoms with E-state index in [0.717, 1.165) is 11.1 Å². The van der Waals surface area contributed by atoms with Crippen molar-refractivity contribution in [2.75, 3.05) is 4.72 Å². The molecular weight excluding hydrogens is 372 g/mol. The largest absolute Gasteiger partial charge is 0.348 e. The Kier molecular flexibility index (Phi) is 5.80. The second kappa shape index (κ2) is 8.27. The van der Waals surface area contributed by atoms with E-state index in [1.807, 2.05) is 37.3 Å². The standard InChI is InChI=1S/C22H22N2O3S/c1-16-8-6-7-9-19(16)15-23-22(25)18-13-12-17(2)21(14-18)28(26,27)24-20-10-4-3-5-11-20/h3-14,24H,15H2,1-2H3,(H,23,25). The number of anilines is 1. The van der Waals surface area contributed by atoms with Crippen molar-refractivity contribution >= 4 is 21.6 Å². The van der Waals surface area contributed by atoms with Crippen molar-refractivity contribution in [3.63, 3.8) is 0 Å². The minimum Gasteiger partial charge on any atom is -0.348 e. The van der Waals surface area contributed by atoms with Crippen molar-refractivity contribution in [1.29, 1.82) is 0 Å². The molecule has 3 aromatic carbocycles. The van der Waals surface area contributed by atoms with Gasteiger partial charge in [-0.1, -0.05) is 48.5 Å². The smallest absolute Gasteiger partial charge is 0.262 e. The number of aryl methyl sites for hydroxylation is 2. The molecule has 0 radical (unpaired) electrons. The monoisotopic (exact) mass is 394 g/mol. The first kappa shape index (κ1) is 19.6. The summed E-state index contributed by atoms with van der Waals surface area (Å²) < 4.78 is 28.1. The molecule has 3 aromatic rings. The van der Waals surface area contributed by atoms with E-state index >= 15 is 0 Å². The van der Waals surface area contributed by atoms with E-state index in [0.29, 0.717) is 23.4 Å². The molecule has 0 atom stereocenters. The zero-order valence-corrected chi connectivity index (χ0v) is 16.6. The molecule has 3 rings (SSSR count). The van der Waals surface area contributed by atoms with Gasteiger partial charge in [-0.2, -0.15) is 0 Å². The Labute approximate surface area is 165 Å². The van der Waals surface area contributed by atoms with E-state index in [1.165, 1.54) is 6.07 Å². The molecule has 0 bridgehead atoms. The molecule has 0 aliphatic carbocycles. The number of rotatable bonds is 6. The van der Waals surface area contributed by atoms with Gasteiger partial charge in [0.25, 0.3) is 15.9 Å². The summed E-state index contributed by atoms with van der Waals surface area (Å²) in [6, 6.07) is 21.1. The number of para-hydroxylation sites is 1. The predicted molar refractivity (Wildman–Crippen MR) is 111 cm³/mol. The summed E-state index contributed by atoms with van der Waals surface area (Å²) >= 11 is 0. The Morgan fingerprint density at radius 1 is 0.857 bits per heavy atom. The van der Waals surface area contributed by atoms with Crippen LogP contribution < -0.4 is 10.0 Å². The zero-order valence-electron chi connectivity index (χ0n) is 15.8. The number of carbonyl (C=O) groups excluding carboxylic acids is 1. The molecule has 0 fully saturated rings. The van der Waals surface area contributed by atoms with E-state index in [1.54, 1.807) is 43.3 Å². The van der Waals surface area contributed by atoms with Crippen LogP contribution in [0.5, 0.6) is 0 Å². The summed E-state index contributed by atoms with van der Waals surface area (Å²) in [6.45, 7) is 4.06. The van der Waals surface area contributed by atoms with E-state index in [9.17, 15) is 13.2 Å². The van der Waals surface area contributed by atoms with Gasteiger partial charge >= 0.3 is 0 Å². The van der Waals surface area contributed by atoms with E-state index in [2.05, 4.69) is 10.0 Å². The van der Waals surface area contributed by atoms with Crippen LogP contribution in [0.15, 0.2) is 77.7 Å². The fourth-order valence-electron chi connectivity index (χ4n) is 2.83. The number of carbonyl (C=O) groups is 1. The van der Waals surface area contributed by atoms with Gasteiger partial charge in [-0.3, -0.25) is 9.52 Å². The van der Waals surface area contributed by atoms with E-state index in [-0.39, 0.29) is 10.8 Å². The van der Waals surface area contributed by atoms with Crippen molar-refractivity contribution < 1.29 is 13.2 Å². The first-order valence-electron chi connectivity index (χ1n) is 8.88. The minimum absolute atomic E-state index is 0.0832. The van der Waals surface area contributed by atoms with Gasteiger partial charge in [0.2, 0.25) is 0 Å². The number of sulfonamides is 1. The average molecular weight is 394 g/mol. The molecule has 0 aliphatic heterocycles. The topological polar surface area (TPSA) is 75.3 Å². The number of hydrogen-bond acceptors (Lipinski definition) is 3. The summed E-state index contributed by atoms with van der Waals surface area (Å²) in [4.78, 5) is 12.6. The second-order valence-electron chi connectivity index (χ2n) is 6.56. The van der Waals surface area contributed by atoms with Crippen molar-refractivity contribution in [3.05, 3.63) is 95.1 Å². The minimum atomic E-state index is -3.80. The Bertz CT molecular complexity index is 1090. The lowest BCUT2D eigenvalue weighted by Crippen LogP contribution is -2.24. The molecule has 0 spiro atoms. The van der Waals surface area contributed by atoms with Crippen LogP contribution in [0, 0.1) is 13.8 Å². The summed E-state index contributed by atoms with van der Waals surface area (Å²) in [5.41, 5.74) is 3.44. The Morgan fingerprint density at radius 2 is 1.54 bits per heavy atom. The lowest BCUT2D eigenvalue weighted by Gasteiger charge is -2.12. The van der Waals surface area contributed by atoms with Crippen molar-refractivity contribution in [1.82, 2.24) is 5.32 Å². The quantitative estimate of drug-likeness (QED) is 0.663. The van der Waals surface area contributed by atoms with Gasteiger partial charge in [0.15, 0.2) is 0 Å². The molecule has 28 heavy (non-hydrogen) atoms. The third-order valence-corrected chi connectivity index (χ3v) is 5.99. The molecule has 0 unspecified atom stereocenters.